The smallest absolute Gasteiger partial charge is 0.351 e. The van der Waals surface area contributed by atoms with E-state index in [1.165, 1.54) is 12.0 Å². The Kier molecular flexibility index (Phi) is 4.53. The van der Waals surface area contributed by atoms with E-state index in [0.29, 0.717) is 18.7 Å². The van der Waals surface area contributed by atoms with Crippen LogP contribution in [-0.4, -0.2) is 48.2 Å². The van der Waals surface area contributed by atoms with Crippen molar-refractivity contribution in [3.63, 3.8) is 0 Å². The average molecular weight is 310 g/mol. The number of rotatable bonds is 2. The molecule has 0 N–H and O–H groups in total. The molecule has 0 spiro atoms. The molecule has 1 fully saturated rings. The molecule has 0 aromatic carbocycles. The topological polar surface area (TPSA) is 85.3 Å². The van der Waals surface area contributed by atoms with Gasteiger partial charge in [0.2, 0.25) is 17.9 Å². The molecule has 2 heterocycles. The minimum Gasteiger partial charge on any atom is -0.466 e. The van der Waals surface area contributed by atoms with Gasteiger partial charge in [-0.3, -0.25) is 14.5 Å². The van der Waals surface area contributed by atoms with Crippen molar-refractivity contribution < 1.29 is 24.0 Å². The number of ether oxygens (including phenoxy) is 1. The summed E-state index contributed by atoms with van der Waals surface area (Å²) in [5, 5.41) is 3.94. The molecule has 7 heteroatoms. The summed E-state index contributed by atoms with van der Waals surface area (Å²) in [5.41, 5.74) is 0.00773. The molecule has 7 nitrogen and oxygen atoms in total. The number of methoxy groups -OCH3 is 1. The molecular weight excluding hydrogens is 288 g/mol. The van der Waals surface area contributed by atoms with E-state index in [0.717, 1.165) is 12.8 Å². The third-order valence-corrected chi connectivity index (χ3v) is 3.92. The van der Waals surface area contributed by atoms with Crippen molar-refractivity contribution in [2.75, 3.05) is 13.7 Å². The number of amides is 2. The third kappa shape index (κ3) is 2.98. The van der Waals surface area contributed by atoms with Gasteiger partial charge in [-0.2, -0.15) is 0 Å². The molecule has 122 valence electrons. The monoisotopic (exact) mass is 310 g/mol. The second-order valence-corrected chi connectivity index (χ2v) is 6.59. The summed E-state index contributed by atoms with van der Waals surface area (Å²) in [4.78, 5) is 43.1. The minimum atomic E-state index is -1.12. The van der Waals surface area contributed by atoms with E-state index in [1.807, 2.05) is 20.8 Å². The van der Waals surface area contributed by atoms with Crippen LogP contribution in [0.4, 0.5) is 0 Å². The predicted octanol–water partition coefficient (Wildman–Crippen LogP) is 1.12. The van der Waals surface area contributed by atoms with Crippen LogP contribution in [0.15, 0.2) is 5.16 Å². The van der Waals surface area contributed by atoms with E-state index < -0.39 is 29.3 Å². The minimum absolute atomic E-state index is 0.208. The van der Waals surface area contributed by atoms with Crippen LogP contribution in [0.2, 0.25) is 0 Å². The van der Waals surface area contributed by atoms with Gasteiger partial charge >= 0.3 is 5.97 Å². The van der Waals surface area contributed by atoms with Crippen molar-refractivity contribution in [3.05, 3.63) is 0 Å². The Morgan fingerprint density at radius 1 is 1.32 bits per heavy atom. The standard InChI is InChI=1S/C15H22N2O5/c1-15(2,3)12-10(11(22-16-12)14(20)21-4)13(19)17-8-6-5-7-9(17)18/h10-11H,5-8H2,1-4H3/t10-,11+/m1/s1. The second kappa shape index (κ2) is 6.06. The maximum absolute atomic E-state index is 12.8. The number of carbonyl (C=O) groups excluding carboxylic acids is 3. The zero-order valence-electron chi connectivity index (χ0n) is 13.4. The quantitative estimate of drug-likeness (QED) is 0.563. The molecule has 0 radical (unpaired) electrons. The lowest BCUT2D eigenvalue weighted by Gasteiger charge is -2.30. The molecule has 0 unspecified atom stereocenters. The Morgan fingerprint density at radius 2 is 2.00 bits per heavy atom. The molecule has 0 bridgehead atoms. The fraction of sp³-hybridized carbons (Fsp3) is 0.733. The number of carbonyl (C=O) groups is 3. The van der Waals surface area contributed by atoms with Gasteiger partial charge < -0.3 is 9.57 Å². The second-order valence-electron chi connectivity index (χ2n) is 6.59. The summed E-state index contributed by atoms with van der Waals surface area (Å²) in [7, 11) is 1.23. The summed E-state index contributed by atoms with van der Waals surface area (Å²) < 4.78 is 4.70. The van der Waals surface area contributed by atoms with Gasteiger partial charge in [0, 0.05) is 18.4 Å². The van der Waals surface area contributed by atoms with Gasteiger partial charge in [-0.15, -0.1) is 0 Å². The SMILES string of the molecule is COC(=O)[C@H]1ON=C(C(C)(C)C)[C@@H]1C(=O)N1CCCCC1=O. The Hall–Kier alpha value is -1.92. The largest absolute Gasteiger partial charge is 0.466 e. The number of oxime groups is 1. The molecule has 2 rings (SSSR count). The van der Waals surface area contributed by atoms with Gasteiger partial charge in [0.1, 0.15) is 5.92 Å². The first-order valence-electron chi connectivity index (χ1n) is 7.43. The van der Waals surface area contributed by atoms with E-state index >= 15 is 0 Å². The van der Waals surface area contributed by atoms with Crippen molar-refractivity contribution >= 4 is 23.5 Å². The number of hydrogen-bond donors (Lipinski definition) is 0. The molecule has 0 aromatic rings. The molecule has 0 saturated carbocycles. The number of likely N-dealkylation sites (tertiary alicyclic amines) is 1. The highest BCUT2D eigenvalue weighted by Crippen LogP contribution is 2.33. The lowest BCUT2D eigenvalue weighted by Crippen LogP contribution is -2.51. The van der Waals surface area contributed by atoms with Crippen LogP contribution < -0.4 is 0 Å². The maximum atomic E-state index is 12.8. The molecule has 0 aromatic heterocycles. The molecule has 22 heavy (non-hydrogen) atoms. The summed E-state index contributed by atoms with van der Waals surface area (Å²) >= 11 is 0. The van der Waals surface area contributed by atoms with Crippen LogP contribution in [-0.2, 0) is 24.0 Å². The van der Waals surface area contributed by atoms with E-state index in [-0.39, 0.29) is 5.91 Å². The van der Waals surface area contributed by atoms with E-state index in [4.69, 9.17) is 9.57 Å². The van der Waals surface area contributed by atoms with Crippen LogP contribution in [0.5, 0.6) is 0 Å². The summed E-state index contributed by atoms with van der Waals surface area (Å²) in [6, 6.07) is 0. The number of hydrogen-bond acceptors (Lipinski definition) is 6. The molecule has 2 aliphatic heterocycles. The molecule has 2 atom stereocenters. The lowest BCUT2D eigenvalue weighted by molar-refractivity contribution is -0.161. The number of esters is 1. The van der Waals surface area contributed by atoms with E-state index in [9.17, 15) is 14.4 Å². The van der Waals surface area contributed by atoms with Crippen LogP contribution >= 0.6 is 0 Å². The lowest BCUT2D eigenvalue weighted by atomic mass is 9.79. The van der Waals surface area contributed by atoms with Crippen molar-refractivity contribution in [1.82, 2.24) is 4.90 Å². The number of imide groups is 1. The zero-order chi connectivity index (χ0) is 16.5. The first-order valence-corrected chi connectivity index (χ1v) is 7.43. The average Bonchev–Trinajstić information content (AvgIpc) is 2.91. The summed E-state index contributed by atoms with van der Waals surface area (Å²) in [6.45, 7) is 6.02. The maximum Gasteiger partial charge on any atom is 0.351 e. The Labute approximate surface area is 129 Å². The van der Waals surface area contributed by atoms with Crippen molar-refractivity contribution in [2.45, 2.75) is 46.1 Å². The van der Waals surface area contributed by atoms with Crippen molar-refractivity contribution in [1.29, 1.82) is 0 Å². The molecule has 0 aliphatic carbocycles. The fourth-order valence-corrected chi connectivity index (χ4v) is 2.73. The highest BCUT2D eigenvalue weighted by Gasteiger charge is 2.50. The predicted molar refractivity (Wildman–Crippen MR) is 77.8 cm³/mol. The summed E-state index contributed by atoms with van der Waals surface area (Å²) in [6.07, 6.45) is 0.784. The molecular formula is C15H22N2O5. The molecule has 2 amide bonds. The van der Waals surface area contributed by atoms with Crippen LogP contribution in [0.1, 0.15) is 40.0 Å². The first kappa shape index (κ1) is 16.5. The van der Waals surface area contributed by atoms with Crippen molar-refractivity contribution in [2.24, 2.45) is 16.5 Å². The molecule has 2 aliphatic rings. The fourth-order valence-electron chi connectivity index (χ4n) is 2.73. The van der Waals surface area contributed by atoms with Crippen LogP contribution in [0, 0.1) is 11.3 Å². The van der Waals surface area contributed by atoms with Gasteiger partial charge in [-0.05, 0) is 12.8 Å². The first-order chi connectivity index (χ1) is 10.3. The van der Waals surface area contributed by atoms with Gasteiger partial charge in [-0.25, -0.2) is 4.79 Å². The number of piperidine rings is 1. The van der Waals surface area contributed by atoms with Crippen LogP contribution in [0.25, 0.3) is 0 Å². The van der Waals surface area contributed by atoms with E-state index in [2.05, 4.69) is 5.16 Å². The van der Waals surface area contributed by atoms with Crippen LogP contribution in [0.3, 0.4) is 0 Å². The normalized spacial score (nSPS) is 25.5. The third-order valence-electron chi connectivity index (χ3n) is 3.92. The van der Waals surface area contributed by atoms with Gasteiger partial charge in [0.05, 0.1) is 12.8 Å². The highest BCUT2D eigenvalue weighted by molar-refractivity contribution is 6.14. The number of nitrogens with zero attached hydrogens (tertiary/aromatic N) is 2. The highest BCUT2D eigenvalue weighted by atomic mass is 16.7. The van der Waals surface area contributed by atoms with Crippen molar-refractivity contribution in [3.8, 4) is 0 Å². The van der Waals surface area contributed by atoms with Gasteiger partial charge in [0.15, 0.2) is 0 Å². The van der Waals surface area contributed by atoms with E-state index in [1.54, 1.807) is 0 Å². The van der Waals surface area contributed by atoms with Gasteiger partial charge in [0.25, 0.3) is 0 Å². The Bertz CT molecular complexity index is 521. The molecule has 1 saturated heterocycles. The Balaban J connectivity index is 2.31. The Morgan fingerprint density at radius 3 is 2.55 bits per heavy atom. The summed E-state index contributed by atoms with van der Waals surface area (Å²) in [5.74, 6) is -2.20. The van der Waals surface area contributed by atoms with Gasteiger partial charge in [-0.1, -0.05) is 25.9 Å². The zero-order valence-corrected chi connectivity index (χ0v) is 13.4.